The Kier molecular flexibility index (Phi) is 7.21. The van der Waals surface area contributed by atoms with Crippen LogP contribution in [0.2, 0.25) is 0 Å². The number of aliphatic hydroxyl groups excluding tert-OH is 2. The van der Waals surface area contributed by atoms with Crippen molar-refractivity contribution in [1.29, 1.82) is 0 Å². The van der Waals surface area contributed by atoms with Crippen LogP contribution >= 0.6 is 0 Å². The highest BCUT2D eigenvalue weighted by Gasteiger charge is 2.55. The molecule has 4 aliphatic carbocycles. The SMILES string of the molecule is C[C@@H]1CC[C@@H](C)N1Cc1cccc(-c2ccc(O)c3c2CC2CC4C(C(=O)C2=C3O)C(=C2CC2)C(C(N)=O)=C(O)[C@H]4N(C)C)c1. The zero-order valence-electron chi connectivity index (χ0n) is 26.5. The maximum Gasteiger partial charge on any atom is 0.252 e. The molecule has 0 bridgehead atoms. The Morgan fingerprint density at radius 1 is 1.02 bits per heavy atom. The second kappa shape index (κ2) is 10.9. The molecule has 5 aliphatic rings. The van der Waals surface area contributed by atoms with Gasteiger partial charge < -0.3 is 21.1 Å². The summed E-state index contributed by atoms with van der Waals surface area (Å²) in [6.07, 6.45) is 4.90. The molecule has 2 saturated carbocycles. The van der Waals surface area contributed by atoms with Crippen LogP contribution in [0, 0.1) is 17.8 Å². The number of hydrogen-bond acceptors (Lipinski definition) is 7. The number of allylic oxidation sites excluding steroid dienone is 2. The molecule has 0 aromatic heterocycles. The first-order valence-electron chi connectivity index (χ1n) is 16.3. The quantitative estimate of drug-likeness (QED) is 0.357. The fourth-order valence-electron chi connectivity index (χ4n) is 8.93. The van der Waals surface area contributed by atoms with Gasteiger partial charge in [0.05, 0.1) is 23.1 Å². The maximum absolute atomic E-state index is 14.5. The number of aliphatic hydroxyl groups is 2. The molecule has 3 fully saturated rings. The van der Waals surface area contributed by atoms with Gasteiger partial charge in [-0.25, -0.2) is 0 Å². The first-order chi connectivity index (χ1) is 21.5. The predicted octanol–water partition coefficient (Wildman–Crippen LogP) is 5.41. The molecule has 6 atom stereocenters. The number of phenolic OH excluding ortho intramolecular Hbond substituents is 1. The fourth-order valence-corrected chi connectivity index (χ4v) is 8.93. The summed E-state index contributed by atoms with van der Waals surface area (Å²) in [5.41, 5.74) is 12.0. The van der Waals surface area contributed by atoms with E-state index in [1.54, 1.807) is 6.07 Å². The molecule has 0 radical (unpaired) electrons. The van der Waals surface area contributed by atoms with E-state index in [-0.39, 0.29) is 40.5 Å². The first kappa shape index (κ1) is 29.8. The molecule has 0 spiro atoms. The van der Waals surface area contributed by atoms with Crippen LogP contribution in [0.5, 0.6) is 5.75 Å². The minimum atomic E-state index is -0.743. The highest BCUT2D eigenvalue weighted by atomic mass is 16.3. The second-order valence-corrected chi connectivity index (χ2v) is 14.1. The average molecular weight is 610 g/mol. The van der Waals surface area contributed by atoms with E-state index in [9.17, 15) is 24.9 Å². The Morgan fingerprint density at radius 2 is 1.73 bits per heavy atom. The number of amides is 1. The van der Waals surface area contributed by atoms with E-state index >= 15 is 0 Å². The highest BCUT2D eigenvalue weighted by Crippen LogP contribution is 2.56. The molecule has 236 valence electrons. The molecule has 8 heteroatoms. The van der Waals surface area contributed by atoms with E-state index in [4.69, 9.17) is 5.73 Å². The second-order valence-electron chi connectivity index (χ2n) is 14.1. The first-order valence-corrected chi connectivity index (χ1v) is 16.3. The van der Waals surface area contributed by atoms with Crippen LogP contribution in [0.3, 0.4) is 0 Å². The molecule has 1 saturated heterocycles. The number of aromatic hydroxyl groups is 1. The largest absolute Gasteiger partial charge is 0.510 e. The van der Waals surface area contributed by atoms with E-state index in [0.29, 0.717) is 41.6 Å². The number of nitrogens with two attached hydrogens (primary N) is 1. The number of phenols is 1. The van der Waals surface area contributed by atoms with E-state index < -0.39 is 17.9 Å². The number of nitrogens with zero attached hydrogens (tertiary/aromatic N) is 2. The number of carbonyl (C=O) groups excluding carboxylic acids is 2. The van der Waals surface area contributed by atoms with E-state index in [1.807, 2.05) is 25.1 Å². The summed E-state index contributed by atoms with van der Waals surface area (Å²) in [5, 5.41) is 34.4. The predicted molar refractivity (Wildman–Crippen MR) is 173 cm³/mol. The van der Waals surface area contributed by atoms with Crippen LogP contribution in [0.15, 0.2) is 64.4 Å². The van der Waals surface area contributed by atoms with Gasteiger partial charge in [0.2, 0.25) is 0 Å². The van der Waals surface area contributed by atoms with Gasteiger partial charge in [-0.05, 0) is 118 Å². The number of hydrogen-bond donors (Lipinski definition) is 4. The van der Waals surface area contributed by atoms with Crippen molar-refractivity contribution in [3.63, 3.8) is 0 Å². The van der Waals surface area contributed by atoms with Gasteiger partial charge in [0.25, 0.3) is 5.91 Å². The Hall–Kier alpha value is -3.88. The summed E-state index contributed by atoms with van der Waals surface area (Å²) in [6, 6.07) is 12.5. The third kappa shape index (κ3) is 4.72. The van der Waals surface area contributed by atoms with Crippen molar-refractivity contribution in [2.24, 2.45) is 23.5 Å². The Balaban J connectivity index is 1.32. The van der Waals surface area contributed by atoms with Gasteiger partial charge in [0.15, 0.2) is 5.78 Å². The van der Waals surface area contributed by atoms with Crippen molar-refractivity contribution >= 4 is 17.4 Å². The number of fused-ring (bicyclic) bond motifs is 3. The van der Waals surface area contributed by atoms with Gasteiger partial charge in [-0.1, -0.05) is 29.8 Å². The van der Waals surface area contributed by atoms with Gasteiger partial charge >= 0.3 is 0 Å². The number of benzene rings is 2. The van der Waals surface area contributed by atoms with E-state index in [2.05, 4.69) is 43.0 Å². The number of Topliss-reactive ketones (excluding diaryl/α,β-unsaturated/α-hetero) is 1. The summed E-state index contributed by atoms with van der Waals surface area (Å²) < 4.78 is 0. The Labute approximate surface area is 264 Å². The smallest absolute Gasteiger partial charge is 0.252 e. The zero-order chi connectivity index (χ0) is 31.9. The summed E-state index contributed by atoms with van der Waals surface area (Å²) >= 11 is 0. The van der Waals surface area contributed by atoms with Crippen molar-refractivity contribution < 1.29 is 24.9 Å². The number of ketones is 1. The molecule has 1 heterocycles. The lowest BCUT2D eigenvalue weighted by atomic mass is 9.58. The number of likely N-dealkylation sites (tertiary alicyclic amines) is 1. The molecule has 2 aromatic rings. The van der Waals surface area contributed by atoms with Gasteiger partial charge in [0.1, 0.15) is 17.3 Å². The Bertz CT molecular complexity index is 1700. The van der Waals surface area contributed by atoms with Crippen LogP contribution in [-0.4, -0.2) is 69.0 Å². The third-order valence-corrected chi connectivity index (χ3v) is 11.1. The van der Waals surface area contributed by atoms with Crippen molar-refractivity contribution in [2.45, 2.75) is 77.0 Å². The van der Waals surface area contributed by atoms with Crippen LogP contribution in [0.4, 0.5) is 0 Å². The summed E-state index contributed by atoms with van der Waals surface area (Å²) in [6.45, 7) is 5.43. The minimum Gasteiger partial charge on any atom is -0.510 e. The summed E-state index contributed by atoms with van der Waals surface area (Å²) in [7, 11) is 3.67. The van der Waals surface area contributed by atoms with Crippen molar-refractivity contribution in [1.82, 2.24) is 9.80 Å². The van der Waals surface area contributed by atoms with Crippen molar-refractivity contribution in [2.75, 3.05) is 14.1 Å². The monoisotopic (exact) mass is 609 g/mol. The highest BCUT2D eigenvalue weighted by molar-refractivity contribution is 6.10. The molecule has 2 aromatic carbocycles. The molecule has 7 rings (SSSR count). The van der Waals surface area contributed by atoms with Crippen LogP contribution < -0.4 is 5.73 Å². The van der Waals surface area contributed by atoms with Gasteiger partial charge in [-0.15, -0.1) is 0 Å². The zero-order valence-corrected chi connectivity index (χ0v) is 26.5. The lowest BCUT2D eigenvalue weighted by Crippen LogP contribution is -2.52. The van der Waals surface area contributed by atoms with Crippen molar-refractivity contribution in [3.05, 3.63) is 81.1 Å². The number of likely N-dealkylation sites (N-methyl/N-ethyl adjacent to an activating group) is 1. The number of carbonyl (C=O) groups is 2. The lowest BCUT2D eigenvalue weighted by molar-refractivity contribution is -0.123. The molecular weight excluding hydrogens is 566 g/mol. The number of primary amides is 1. The van der Waals surface area contributed by atoms with E-state index in [0.717, 1.165) is 41.6 Å². The molecule has 5 N–H and O–H groups in total. The molecule has 3 unspecified atom stereocenters. The third-order valence-electron chi connectivity index (χ3n) is 11.1. The van der Waals surface area contributed by atoms with E-state index in [1.165, 1.54) is 18.4 Å². The van der Waals surface area contributed by atoms with Crippen LogP contribution in [0.25, 0.3) is 16.9 Å². The molecule has 8 nitrogen and oxygen atoms in total. The average Bonchev–Trinajstić information content (AvgIpc) is 3.78. The molecule has 45 heavy (non-hydrogen) atoms. The molecule has 1 amide bonds. The summed E-state index contributed by atoms with van der Waals surface area (Å²) in [5.74, 6) is -2.59. The normalized spacial score (nSPS) is 29.7. The van der Waals surface area contributed by atoms with Crippen LogP contribution in [0.1, 0.15) is 62.6 Å². The minimum absolute atomic E-state index is 0.0493. The standard InChI is InChI=1S/C37H43N3O5/c1-18-8-9-19(2)40(18)17-20-6-5-7-22(14-20)24-12-13-27(41)30-25(24)15-23-16-26-31(35(43)29(23)34(30)42)28(21-10-11-21)32(37(38)45)36(44)33(26)39(3)4/h5-7,12-14,18-19,23,26,31,33,41-42,44H,8-11,15-17H2,1-4H3,(H2,38,45)/t18-,19-,23?,26?,31?,33+/m1/s1. The van der Waals surface area contributed by atoms with Gasteiger partial charge in [-0.2, -0.15) is 0 Å². The van der Waals surface area contributed by atoms with Gasteiger partial charge in [-0.3, -0.25) is 19.4 Å². The van der Waals surface area contributed by atoms with Crippen molar-refractivity contribution in [3.8, 4) is 16.9 Å². The maximum atomic E-state index is 14.5. The molecule has 1 aliphatic heterocycles. The summed E-state index contributed by atoms with van der Waals surface area (Å²) in [4.78, 5) is 31.6. The lowest BCUT2D eigenvalue weighted by Gasteiger charge is -2.48. The van der Waals surface area contributed by atoms with Crippen LogP contribution in [-0.2, 0) is 22.6 Å². The number of rotatable bonds is 5. The fraction of sp³-hybridized carbons (Fsp3) is 0.459. The Morgan fingerprint density at radius 3 is 2.38 bits per heavy atom. The van der Waals surface area contributed by atoms with Gasteiger partial charge in [0, 0.05) is 24.2 Å². The topological polar surface area (TPSA) is 127 Å². The molecular formula is C37H43N3O5.